The van der Waals surface area contributed by atoms with Crippen LogP contribution in [0, 0.1) is 0 Å². The zero-order valence-electron chi connectivity index (χ0n) is 12.3. The van der Waals surface area contributed by atoms with E-state index in [1.54, 1.807) is 16.6 Å². The van der Waals surface area contributed by atoms with Gasteiger partial charge in [-0.25, -0.2) is 14.6 Å². The largest absolute Gasteiger partial charge is 0.369 e. The van der Waals surface area contributed by atoms with Gasteiger partial charge in [-0.3, -0.25) is 0 Å². The Morgan fingerprint density at radius 3 is 3.10 bits per heavy atom. The molecule has 0 saturated carbocycles. The SMILES string of the molecule is Cn1nc(Br)c2c(NCCC3=CCCCCC3)ncnc21. The number of aromatic nitrogens is 4. The van der Waals surface area contributed by atoms with E-state index in [0.29, 0.717) is 0 Å². The van der Waals surface area contributed by atoms with Crippen LogP contribution < -0.4 is 5.32 Å². The van der Waals surface area contributed by atoms with Crippen molar-refractivity contribution < 1.29 is 0 Å². The molecule has 3 rings (SSSR count). The van der Waals surface area contributed by atoms with Crippen LogP contribution in [0.15, 0.2) is 22.6 Å². The Kier molecular flexibility index (Phi) is 4.53. The molecule has 0 amide bonds. The lowest BCUT2D eigenvalue weighted by Gasteiger charge is -2.08. The predicted octanol–water partition coefficient (Wildman–Crippen LogP) is 3.82. The first kappa shape index (κ1) is 14.5. The highest BCUT2D eigenvalue weighted by Crippen LogP contribution is 2.27. The average molecular weight is 350 g/mol. The Balaban J connectivity index is 1.69. The van der Waals surface area contributed by atoms with Gasteiger partial charge in [-0.15, -0.1) is 0 Å². The molecule has 112 valence electrons. The molecule has 0 bridgehead atoms. The number of fused-ring (bicyclic) bond motifs is 1. The van der Waals surface area contributed by atoms with Gasteiger partial charge in [0, 0.05) is 13.6 Å². The molecule has 0 atom stereocenters. The summed E-state index contributed by atoms with van der Waals surface area (Å²) in [4.78, 5) is 8.64. The number of hydrogen-bond donors (Lipinski definition) is 1. The van der Waals surface area contributed by atoms with Crippen molar-refractivity contribution in [2.45, 2.75) is 38.5 Å². The average Bonchev–Trinajstić information content (AvgIpc) is 2.68. The minimum Gasteiger partial charge on any atom is -0.369 e. The highest BCUT2D eigenvalue weighted by atomic mass is 79.9. The molecule has 1 aliphatic carbocycles. The van der Waals surface area contributed by atoms with Crippen LogP contribution in [0.25, 0.3) is 11.0 Å². The van der Waals surface area contributed by atoms with Crippen molar-refractivity contribution in [3.8, 4) is 0 Å². The van der Waals surface area contributed by atoms with Crippen molar-refractivity contribution in [3.63, 3.8) is 0 Å². The van der Waals surface area contributed by atoms with Gasteiger partial charge in [0.2, 0.25) is 0 Å². The van der Waals surface area contributed by atoms with E-state index in [0.717, 1.165) is 34.4 Å². The number of rotatable bonds is 4. The van der Waals surface area contributed by atoms with Crippen LogP contribution >= 0.6 is 15.9 Å². The Labute approximate surface area is 133 Å². The summed E-state index contributed by atoms with van der Waals surface area (Å²) in [7, 11) is 1.89. The first-order valence-corrected chi connectivity index (χ1v) is 8.30. The molecule has 0 unspecified atom stereocenters. The fourth-order valence-corrected chi connectivity index (χ4v) is 3.43. The Bertz CT molecular complexity index is 661. The van der Waals surface area contributed by atoms with Crippen molar-refractivity contribution >= 4 is 32.8 Å². The molecular weight excluding hydrogens is 330 g/mol. The van der Waals surface area contributed by atoms with Gasteiger partial charge in [-0.1, -0.05) is 18.1 Å². The van der Waals surface area contributed by atoms with Crippen LogP contribution in [0.1, 0.15) is 38.5 Å². The van der Waals surface area contributed by atoms with E-state index in [4.69, 9.17) is 0 Å². The van der Waals surface area contributed by atoms with E-state index >= 15 is 0 Å². The molecule has 0 aromatic carbocycles. The highest BCUT2D eigenvalue weighted by Gasteiger charge is 2.13. The van der Waals surface area contributed by atoms with Crippen LogP contribution in [0.5, 0.6) is 0 Å². The number of hydrogen-bond acceptors (Lipinski definition) is 4. The lowest BCUT2D eigenvalue weighted by molar-refractivity contribution is 0.704. The van der Waals surface area contributed by atoms with Crippen molar-refractivity contribution in [2.24, 2.45) is 7.05 Å². The summed E-state index contributed by atoms with van der Waals surface area (Å²) in [5, 5.41) is 8.73. The lowest BCUT2D eigenvalue weighted by atomic mass is 10.1. The van der Waals surface area contributed by atoms with Gasteiger partial charge in [-0.05, 0) is 48.0 Å². The molecule has 21 heavy (non-hydrogen) atoms. The van der Waals surface area contributed by atoms with Crippen LogP contribution in [-0.2, 0) is 7.05 Å². The second-order valence-electron chi connectivity index (χ2n) is 5.47. The topological polar surface area (TPSA) is 55.6 Å². The molecule has 6 heteroatoms. The van der Waals surface area contributed by atoms with E-state index in [1.807, 2.05) is 7.05 Å². The molecule has 2 aromatic heterocycles. The smallest absolute Gasteiger partial charge is 0.164 e. The van der Waals surface area contributed by atoms with E-state index < -0.39 is 0 Å². The van der Waals surface area contributed by atoms with E-state index in [2.05, 4.69) is 42.4 Å². The number of aryl methyl sites for hydroxylation is 1. The van der Waals surface area contributed by atoms with Gasteiger partial charge in [-0.2, -0.15) is 5.10 Å². The molecule has 0 saturated heterocycles. The molecule has 2 aromatic rings. The van der Waals surface area contributed by atoms with Gasteiger partial charge in [0.25, 0.3) is 0 Å². The first-order chi connectivity index (χ1) is 10.3. The van der Waals surface area contributed by atoms with Crippen molar-refractivity contribution in [3.05, 3.63) is 22.6 Å². The fraction of sp³-hybridized carbons (Fsp3) is 0.533. The first-order valence-electron chi connectivity index (χ1n) is 7.50. The Morgan fingerprint density at radius 1 is 1.29 bits per heavy atom. The van der Waals surface area contributed by atoms with Crippen LogP contribution in [0.4, 0.5) is 5.82 Å². The lowest BCUT2D eigenvalue weighted by Crippen LogP contribution is -2.05. The number of nitrogens with one attached hydrogen (secondary N) is 1. The molecule has 0 spiro atoms. The quantitative estimate of drug-likeness (QED) is 0.852. The number of anilines is 1. The second-order valence-corrected chi connectivity index (χ2v) is 6.22. The molecule has 2 heterocycles. The molecule has 5 nitrogen and oxygen atoms in total. The van der Waals surface area contributed by atoms with Gasteiger partial charge in [0.15, 0.2) is 5.65 Å². The zero-order valence-corrected chi connectivity index (χ0v) is 13.9. The minimum absolute atomic E-state index is 0.789. The number of halogens is 1. The Hall–Kier alpha value is -1.43. The summed E-state index contributed by atoms with van der Waals surface area (Å²) in [6.45, 7) is 0.902. The van der Waals surface area contributed by atoms with Gasteiger partial charge in [0.1, 0.15) is 16.7 Å². The summed E-state index contributed by atoms with van der Waals surface area (Å²) in [5.74, 6) is 0.856. The summed E-state index contributed by atoms with van der Waals surface area (Å²) in [6, 6.07) is 0. The molecule has 0 aliphatic heterocycles. The van der Waals surface area contributed by atoms with Gasteiger partial charge in [0.05, 0.1) is 5.39 Å². The second kappa shape index (κ2) is 6.56. The summed E-state index contributed by atoms with van der Waals surface area (Å²) in [6.07, 6.45) is 11.6. The van der Waals surface area contributed by atoms with Gasteiger partial charge >= 0.3 is 0 Å². The number of nitrogens with zero attached hydrogens (tertiary/aromatic N) is 4. The van der Waals surface area contributed by atoms with Gasteiger partial charge < -0.3 is 5.32 Å². The van der Waals surface area contributed by atoms with Crippen molar-refractivity contribution in [2.75, 3.05) is 11.9 Å². The van der Waals surface area contributed by atoms with Crippen LogP contribution in [0.2, 0.25) is 0 Å². The monoisotopic (exact) mass is 349 g/mol. The van der Waals surface area contributed by atoms with E-state index in [9.17, 15) is 0 Å². The third kappa shape index (κ3) is 3.26. The minimum atomic E-state index is 0.789. The summed E-state index contributed by atoms with van der Waals surface area (Å²) in [5.41, 5.74) is 2.42. The molecular formula is C15H20BrN5. The molecule has 1 aliphatic rings. The zero-order chi connectivity index (χ0) is 14.7. The van der Waals surface area contributed by atoms with E-state index in [1.165, 1.54) is 32.1 Å². The Morgan fingerprint density at radius 2 is 2.19 bits per heavy atom. The standard InChI is InChI=1S/C15H20BrN5/c1-21-15-12(13(16)20-21)14(18-10-19-15)17-9-8-11-6-4-2-3-5-7-11/h6,10H,2-5,7-9H2,1H3,(H,17,18,19). The molecule has 0 radical (unpaired) electrons. The number of allylic oxidation sites excluding steroid dienone is 1. The van der Waals surface area contributed by atoms with Crippen molar-refractivity contribution in [1.29, 1.82) is 0 Å². The van der Waals surface area contributed by atoms with Crippen LogP contribution in [0.3, 0.4) is 0 Å². The third-order valence-electron chi connectivity index (χ3n) is 3.95. The molecule has 0 fully saturated rings. The summed E-state index contributed by atoms with van der Waals surface area (Å²) >= 11 is 3.48. The van der Waals surface area contributed by atoms with Crippen molar-refractivity contribution in [1.82, 2.24) is 19.7 Å². The third-order valence-corrected chi connectivity index (χ3v) is 4.51. The maximum Gasteiger partial charge on any atom is 0.164 e. The maximum atomic E-state index is 4.36. The summed E-state index contributed by atoms with van der Waals surface area (Å²) < 4.78 is 2.55. The normalized spacial score (nSPS) is 15.8. The fourth-order valence-electron chi connectivity index (χ4n) is 2.82. The predicted molar refractivity (Wildman–Crippen MR) is 88.3 cm³/mol. The molecule has 1 N–H and O–H groups in total. The van der Waals surface area contributed by atoms with E-state index in [-0.39, 0.29) is 0 Å². The van der Waals surface area contributed by atoms with Crippen LogP contribution in [-0.4, -0.2) is 26.3 Å². The highest BCUT2D eigenvalue weighted by molar-refractivity contribution is 9.10. The maximum absolute atomic E-state index is 4.36.